The van der Waals surface area contributed by atoms with Gasteiger partial charge in [0.1, 0.15) is 0 Å². The molecule has 3 heteroatoms. The number of aliphatic hydroxyl groups excluding tert-OH is 1. The molecule has 1 N–H and O–H groups in total. The molecule has 1 aliphatic rings. The maximum absolute atomic E-state index is 10.2. The van der Waals surface area contributed by atoms with E-state index in [0.29, 0.717) is 10.9 Å². The van der Waals surface area contributed by atoms with E-state index in [1.54, 1.807) is 12.3 Å². The summed E-state index contributed by atoms with van der Waals surface area (Å²) in [7, 11) is 0. The first kappa shape index (κ1) is 11.9. The Morgan fingerprint density at radius 1 is 1.44 bits per heavy atom. The number of rotatable bonds is 2. The average Bonchev–Trinajstić information content (AvgIpc) is 2.29. The van der Waals surface area contributed by atoms with E-state index in [1.165, 1.54) is 12.8 Å². The van der Waals surface area contributed by atoms with Gasteiger partial charge in [-0.15, -0.1) is 0 Å². The van der Waals surface area contributed by atoms with Gasteiger partial charge in [0.15, 0.2) is 0 Å². The third-order valence-corrected chi connectivity index (χ3v) is 3.70. The molecule has 0 saturated heterocycles. The van der Waals surface area contributed by atoms with Crippen molar-refractivity contribution in [1.82, 2.24) is 4.98 Å². The maximum atomic E-state index is 10.2. The molecule has 1 fully saturated rings. The number of aromatic nitrogens is 1. The van der Waals surface area contributed by atoms with E-state index >= 15 is 0 Å². The highest BCUT2D eigenvalue weighted by molar-refractivity contribution is 6.30. The molecule has 0 spiro atoms. The van der Waals surface area contributed by atoms with Crippen molar-refractivity contribution in [3.63, 3.8) is 0 Å². The highest BCUT2D eigenvalue weighted by Gasteiger charge is 2.26. The van der Waals surface area contributed by atoms with Gasteiger partial charge in [-0.25, -0.2) is 0 Å². The minimum atomic E-state index is -0.431. The fourth-order valence-electron chi connectivity index (χ4n) is 2.57. The van der Waals surface area contributed by atoms with Crippen molar-refractivity contribution in [3.05, 3.63) is 29.0 Å². The molecule has 0 aliphatic heterocycles. The van der Waals surface area contributed by atoms with Gasteiger partial charge in [0.2, 0.25) is 0 Å². The van der Waals surface area contributed by atoms with Gasteiger partial charge >= 0.3 is 0 Å². The Labute approximate surface area is 102 Å². The van der Waals surface area contributed by atoms with Gasteiger partial charge in [-0.1, -0.05) is 31.4 Å². The normalized spacial score (nSPS) is 27.7. The molecule has 2 rings (SSSR count). The second-order valence-electron chi connectivity index (χ2n) is 4.88. The molecule has 16 heavy (non-hydrogen) atoms. The molecule has 1 aromatic heterocycles. The molecule has 0 bridgehead atoms. The van der Waals surface area contributed by atoms with Crippen LogP contribution in [0, 0.1) is 11.8 Å². The number of hydrogen-bond acceptors (Lipinski definition) is 2. The second-order valence-corrected chi connectivity index (χ2v) is 5.31. The van der Waals surface area contributed by atoms with Crippen molar-refractivity contribution < 1.29 is 5.11 Å². The SMILES string of the molecule is CC1CCCC(C(O)c2ccc(Cl)cn2)C1. The number of pyridine rings is 1. The van der Waals surface area contributed by atoms with E-state index in [2.05, 4.69) is 11.9 Å². The molecule has 1 heterocycles. The van der Waals surface area contributed by atoms with Crippen LogP contribution in [0.25, 0.3) is 0 Å². The zero-order valence-corrected chi connectivity index (χ0v) is 10.3. The van der Waals surface area contributed by atoms with Gasteiger partial charge in [0, 0.05) is 6.20 Å². The molecular formula is C13H18ClNO. The summed E-state index contributed by atoms with van der Waals surface area (Å²) in [6.07, 6.45) is 5.89. The van der Waals surface area contributed by atoms with Crippen LogP contribution < -0.4 is 0 Å². The van der Waals surface area contributed by atoms with Crippen molar-refractivity contribution in [2.24, 2.45) is 11.8 Å². The molecule has 0 amide bonds. The summed E-state index contributed by atoms with van der Waals surface area (Å²) in [4.78, 5) is 4.20. The predicted molar refractivity (Wildman–Crippen MR) is 65.3 cm³/mol. The van der Waals surface area contributed by atoms with Crippen LogP contribution >= 0.6 is 11.6 Å². The van der Waals surface area contributed by atoms with Gasteiger partial charge in [0.05, 0.1) is 16.8 Å². The molecule has 1 aromatic rings. The van der Waals surface area contributed by atoms with Crippen molar-refractivity contribution >= 4 is 11.6 Å². The van der Waals surface area contributed by atoms with Gasteiger partial charge in [-0.2, -0.15) is 0 Å². The van der Waals surface area contributed by atoms with E-state index in [0.717, 1.165) is 24.5 Å². The number of halogens is 1. The smallest absolute Gasteiger partial charge is 0.0987 e. The van der Waals surface area contributed by atoms with E-state index in [1.807, 2.05) is 6.07 Å². The Bertz CT molecular complexity index is 338. The maximum Gasteiger partial charge on any atom is 0.0987 e. The van der Waals surface area contributed by atoms with Crippen LogP contribution in [-0.4, -0.2) is 10.1 Å². The molecule has 3 unspecified atom stereocenters. The Hall–Kier alpha value is -0.600. The fourth-order valence-corrected chi connectivity index (χ4v) is 2.68. The van der Waals surface area contributed by atoms with Crippen molar-refractivity contribution in [1.29, 1.82) is 0 Å². The van der Waals surface area contributed by atoms with Crippen molar-refractivity contribution in [3.8, 4) is 0 Å². The average molecular weight is 240 g/mol. The quantitative estimate of drug-likeness (QED) is 0.856. The molecular weight excluding hydrogens is 222 g/mol. The molecule has 88 valence electrons. The van der Waals surface area contributed by atoms with Gasteiger partial charge < -0.3 is 5.11 Å². The lowest BCUT2D eigenvalue weighted by Crippen LogP contribution is -2.20. The van der Waals surface area contributed by atoms with Crippen LogP contribution in [-0.2, 0) is 0 Å². The standard InChI is InChI=1S/C13H18ClNO/c1-9-3-2-4-10(7-9)13(16)12-6-5-11(14)8-15-12/h5-6,8-10,13,16H,2-4,7H2,1H3. The summed E-state index contributed by atoms with van der Waals surface area (Å²) in [5.74, 6) is 1.08. The molecule has 0 aromatic carbocycles. The van der Waals surface area contributed by atoms with E-state index in [9.17, 15) is 5.11 Å². The van der Waals surface area contributed by atoms with Crippen LogP contribution in [0.2, 0.25) is 5.02 Å². The van der Waals surface area contributed by atoms with E-state index < -0.39 is 6.10 Å². The Kier molecular flexibility index (Phi) is 3.82. The summed E-state index contributed by atoms with van der Waals surface area (Å²) in [5, 5.41) is 10.9. The third kappa shape index (κ3) is 2.74. The lowest BCUT2D eigenvalue weighted by Gasteiger charge is -2.30. The number of hydrogen-bond donors (Lipinski definition) is 1. The molecule has 2 nitrogen and oxygen atoms in total. The predicted octanol–water partition coefficient (Wildman–Crippen LogP) is 3.59. The number of aliphatic hydroxyl groups is 1. The van der Waals surface area contributed by atoms with E-state index in [-0.39, 0.29) is 0 Å². The summed E-state index contributed by atoms with van der Waals surface area (Å²) in [6.45, 7) is 2.26. The molecule has 0 radical (unpaired) electrons. The Morgan fingerprint density at radius 3 is 2.88 bits per heavy atom. The summed E-state index contributed by atoms with van der Waals surface area (Å²) in [6, 6.07) is 3.62. The molecule has 1 aliphatic carbocycles. The van der Waals surface area contributed by atoms with Crippen molar-refractivity contribution in [2.45, 2.75) is 38.7 Å². The van der Waals surface area contributed by atoms with Gasteiger partial charge in [0.25, 0.3) is 0 Å². The van der Waals surface area contributed by atoms with E-state index in [4.69, 9.17) is 11.6 Å². The highest BCUT2D eigenvalue weighted by atomic mass is 35.5. The minimum Gasteiger partial charge on any atom is -0.387 e. The van der Waals surface area contributed by atoms with Gasteiger partial charge in [-0.3, -0.25) is 4.98 Å². The lowest BCUT2D eigenvalue weighted by molar-refractivity contribution is 0.0680. The zero-order valence-electron chi connectivity index (χ0n) is 9.56. The third-order valence-electron chi connectivity index (χ3n) is 3.48. The number of nitrogens with zero attached hydrogens (tertiary/aromatic N) is 1. The van der Waals surface area contributed by atoms with Crippen LogP contribution in [0.3, 0.4) is 0 Å². The summed E-state index contributed by atoms with van der Waals surface area (Å²) >= 11 is 5.78. The second kappa shape index (κ2) is 5.15. The highest BCUT2D eigenvalue weighted by Crippen LogP contribution is 2.36. The Morgan fingerprint density at radius 2 is 2.25 bits per heavy atom. The van der Waals surface area contributed by atoms with Crippen LogP contribution in [0.1, 0.15) is 44.4 Å². The summed E-state index contributed by atoms with van der Waals surface area (Å²) in [5.41, 5.74) is 0.753. The topological polar surface area (TPSA) is 33.1 Å². The van der Waals surface area contributed by atoms with Crippen LogP contribution in [0.5, 0.6) is 0 Å². The monoisotopic (exact) mass is 239 g/mol. The lowest BCUT2D eigenvalue weighted by atomic mass is 9.79. The first-order chi connectivity index (χ1) is 7.66. The zero-order chi connectivity index (χ0) is 11.5. The van der Waals surface area contributed by atoms with Crippen LogP contribution in [0.4, 0.5) is 0 Å². The molecule has 1 saturated carbocycles. The minimum absolute atomic E-state index is 0.359. The first-order valence-corrected chi connectivity index (χ1v) is 6.34. The molecule has 3 atom stereocenters. The first-order valence-electron chi connectivity index (χ1n) is 5.96. The largest absolute Gasteiger partial charge is 0.387 e. The fraction of sp³-hybridized carbons (Fsp3) is 0.615. The Balaban J connectivity index is 2.06. The van der Waals surface area contributed by atoms with Crippen LogP contribution in [0.15, 0.2) is 18.3 Å². The van der Waals surface area contributed by atoms with Crippen molar-refractivity contribution in [2.75, 3.05) is 0 Å². The van der Waals surface area contributed by atoms with Gasteiger partial charge in [-0.05, 0) is 36.8 Å². The summed E-state index contributed by atoms with van der Waals surface area (Å²) < 4.78 is 0.